The van der Waals surface area contributed by atoms with Gasteiger partial charge in [0.2, 0.25) is 0 Å². The summed E-state index contributed by atoms with van der Waals surface area (Å²) in [5.74, 6) is 1.62. The van der Waals surface area contributed by atoms with E-state index in [0.29, 0.717) is 0 Å². The molecule has 5 aromatic rings. The molecule has 0 amide bonds. The molecular formula is C30H27O4P. The van der Waals surface area contributed by atoms with E-state index in [0.717, 1.165) is 43.7 Å². The van der Waals surface area contributed by atoms with E-state index in [2.05, 4.69) is 97.1 Å². The molecular weight excluding hydrogens is 455 g/mol. The van der Waals surface area contributed by atoms with Gasteiger partial charge in [-0.2, -0.15) is 0 Å². The molecule has 0 saturated carbocycles. The van der Waals surface area contributed by atoms with E-state index in [-0.39, 0.29) is 13.6 Å². The predicted octanol–water partition coefficient (Wildman–Crippen LogP) is 5.72. The summed E-state index contributed by atoms with van der Waals surface area (Å²) in [7, 11) is 2.20. The highest BCUT2D eigenvalue weighted by Gasteiger charge is 2.28. The minimum atomic E-state index is -1.08. The number of rotatable bonds is 9. The minimum Gasteiger partial charge on any atom is -0.467 e. The second-order valence-corrected chi connectivity index (χ2v) is 10.1. The number of hydrogen-bond acceptors (Lipinski definition) is 4. The fourth-order valence-electron chi connectivity index (χ4n) is 4.36. The Balaban J connectivity index is 1.88. The minimum absolute atomic E-state index is 0.172. The van der Waals surface area contributed by atoms with Crippen molar-refractivity contribution in [2.45, 2.75) is 0 Å². The third kappa shape index (κ3) is 4.74. The van der Waals surface area contributed by atoms with Crippen LogP contribution in [0.1, 0.15) is 0 Å². The Morgan fingerprint density at radius 1 is 0.514 bits per heavy atom. The SMILES string of the molecule is COCOc1ccc2ccccc2c1P(c1ccccc1)c1c(OCOC)ccc2ccccc12. The molecule has 0 aliphatic carbocycles. The fraction of sp³-hybridized carbons (Fsp3) is 0.133. The smallest absolute Gasteiger partial charge is 0.188 e. The zero-order valence-corrected chi connectivity index (χ0v) is 20.7. The van der Waals surface area contributed by atoms with Crippen molar-refractivity contribution in [3.63, 3.8) is 0 Å². The molecule has 35 heavy (non-hydrogen) atoms. The molecule has 5 rings (SSSR count). The largest absolute Gasteiger partial charge is 0.467 e. The summed E-state index contributed by atoms with van der Waals surface area (Å²) in [4.78, 5) is 0. The summed E-state index contributed by atoms with van der Waals surface area (Å²) in [5, 5.41) is 8.12. The van der Waals surface area contributed by atoms with E-state index in [1.54, 1.807) is 14.2 Å². The van der Waals surface area contributed by atoms with Crippen molar-refractivity contribution in [1.82, 2.24) is 0 Å². The van der Waals surface area contributed by atoms with Gasteiger partial charge in [0.25, 0.3) is 0 Å². The van der Waals surface area contributed by atoms with Crippen molar-refractivity contribution in [3.8, 4) is 11.5 Å². The van der Waals surface area contributed by atoms with Crippen LogP contribution in [0, 0.1) is 0 Å². The number of fused-ring (bicyclic) bond motifs is 2. The molecule has 0 aromatic heterocycles. The maximum absolute atomic E-state index is 6.18. The van der Waals surface area contributed by atoms with Gasteiger partial charge in [0.1, 0.15) is 11.5 Å². The highest BCUT2D eigenvalue weighted by Crippen LogP contribution is 2.44. The standard InChI is InChI=1S/C30H27O4P/c1-31-20-33-27-18-16-22-10-6-8-14-25(22)29(27)35(24-12-4-3-5-13-24)30-26-15-9-7-11-23(26)17-19-28(30)34-21-32-2/h3-19H,20-21H2,1-2H3. The fourth-order valence-corrected chi connectivity index (χ4v) is 7.17. The van der Waals surface area contributed by atoms with Crippen LogP contribution in [-0.2, 0) is 9.47 Å². The molecule has 0 fully saturated rings. The molecule has 0 unspecified atom stereocenters. The molecule has 0 radical (unpaired) electrons. The highest BCUT2D eigenvalue weighted by atomic mass is 31.1. The molecule has 0 heterocycles. The third-order valence-corrected chi connectivity index (χ3v) is 8.48. The Labute approximate surface area is 206 Å². The Hall–Kier alpha value is -3.43. The van der Waals surface area contributed by atoms with E-state index >= 15 is 0 Å². The number of hydrogen-bond donors (Lipinski definition) is 0. The zero-order valence-electron chi connectivity index (χ0n) is 19.8. The molecule has 0 aliphatic heterocycles. The van der Waals surface area contributed by atoms with Crippen LogP contribution in [-0.4, -0.2) is 27.8 Å². The first-order chi connectivity index (χ1) is 17.3. The lowest BCUT2D eigenvalue weighted by molar-refractivity contribution is 0.0519. The van der Waals surface area contributed by atoms with Crippen LogP contribution in [0.5, 0.6) is 11.5 Å². The molecule has 0 atom stereocenters. The molecule has 5 aromatic carbocycles. The Morgan fingerprint density at radius 2 is 0.971 bits per heavy atom. The van der Waals surface area contributed by atoms with Gasteiger partial charge in [-0.1, -0.05) is 91.0 Å². The Kier molecular flexibility index (Phi) is 7.25. The van der Waals surface area contributed by atoms with Crippen molar-refractivity contribution >= 4 is 45.4 Å². The molecule has 5 heteroatoms. The van der Waals surface area contributed by atoms with E-state index in [1.807, 2.05) is 6.07 Å². The average molecular weight is 483 g/mol. The molecule has 0 spiro atoms. The number of benzene rings is 5. The van der Waals surface area contributed by atoms with E-state index in [1.165, 1.54) is 5.30 Å². The van der Waals surface area contributed by atoms with Gasteiger partial charge in [-0.3, -0.25) is 0 Å². The first kappa shape index (κ1) is 23.3. The van der Waals surface area contributed by atoms with Gasteiger partial charge in [-0.05, 0) is 46.9 Å². The summed E-state index contributed by atoms with van der Waals surface area (Å²) in [6.07, 6.45) is 0. The van der Waals surface area contributed by atoms with E-state index < -0.39 is 7.92 Å². The van der Waals surface area contributed by atoms with Crippen LogP contribution in [0.25, 0.3) is 21.5 Å². The first-order valence-corrected chi connectivity index (χ1v) is 12.8. The van der Waals surface area contributed by atoms with Gasteiger partial charge in [0, 0.05) is 24.8 Å². The summed E-state index contributed by atoms with van der Waals surface area (Å²) in [6, 6.07) is 35.8. The summed E-state index contributed by atoms with van der Waals surface area (Å²) >= 11 is 0. The predicted molar refractivity (Wildman–Crippen MR) is 145 cm³/mol. The normalized spacial score (nSPS) is 11.3. The second-order valence-electron chi connectivity index (χ2n) is 8.04. The topological polar surface area (TPSA) is 36.9 Å². The van der Waals surface area contributed by atoms with Gasteiger partial charge >= 0.3 is 0 Å². The van der Waals surface area contributed by atoms with Gasteiger partial charge in [0.05, 0.1) is 0 Å². The van der Waals surface area contributed by atoms with Gasteiger partial charge in [0.15, 0.2) is 13.6 Å². The average Bonchev–Trinajstić information content (AvgIpc) is 2.92. The van der Waals surface area contributed by atoms with Gasteiger partial charge in [-0.25, -0.2) is 0 Å². The van der Waals surface area contributed by atoms with E-state index in [9.17, 15) is 0 Å². The van der Waals surface area contributed by atoms with Crippen LogP contribution in [0.2, 0.25) is 0 Å². The van der Waals surface area contributed by atoms with Crippen molar-refractivity contribution < 1.29 is 18.9 Å². The second kappa shape index (κ2) is 10.9. The maximum atomic E-state index is 6.18. The number of ether oxygens (including phenoxy) is 4. The van der Waals surface area contributed by atoms with Crippen molar-refractivity contribution in [3.05, 3.63) is 103 Å². The highest BCUT2D eigenvalue weighted by molar-refractivity contribution is 7.81. The molecule has 176 valence electrons. The lowest BCUT2D eigenvalue weighted by Gasteiger charge is -2.27. The van der Waals surface area contributed by atoms with Crippen LogP contribution in [0.15, 0.2) is 103 Å². The number of methoxy groups -OCH3 is 2. The lowest BCUT2D eigenvalue weighted by Crippen LogP contribution is -2.25. The quantitative estimate of drug-likeness (QED) is 0.199. The molecule has 0 N–H and O–H groups in total. The molecule has 0 aliphatic rings. The summed E-state index contributed by atoms with van der Waals surface area (Å²) in [5.41, 5.74) is 0. The molecule has 4 nitrogen and oxygen atoms in total. The monoisotopic (exact) mass is 482 g/mol. The van der Waals surface area contributed by atoms with E-state index in [4.69, 9.17) is 18.9 Å². The van der Waals surface area contributed by atoms with Crippen LogP contribution in [0.4, 0.5) is 0 Å². The van der Waals surface area contributed by atoms with Crippen LogP contribution in [0.3, 0.4) is 0 Å². The molecule has 0 bridgehead atoms. The lowest BCUT2D eigenvalue weighted by atomic mass is 10.1. The zero-order chi connectivity index (χ0) is 24.0. The summed E-state index contributed by atoms with van der Waals surface area (Å²) in [6.45, 7) is 0.345. The Bertz CT molecular complexity index is 1340. The van der Waals surface area contributed by atoms with Crippen molar-refractivity contribution in [1.29, 1.82) is 0 Å². The first-order valence-electron chi connectivity index (χ1n) is 11.4. The van der Waals surface area contributed by atoms with Gasteiger partial charge < -0.3 is 18.9 Å². The Morgan fingerprint density at radius 3 is 1.46 bits per heavy atom. The third-order valence-electron chi connectivity index (χ3n) is 5.85. The van der Waals surface area contributed by atoms with Crippen LogP contribution >= 0.6 is 7.92 Å². The summed E-state index contributed by atoms with van der Waals surface area (Å²) < 4.78 is 22.9. The van der Waals surface area contributed by atoms with Crippen molar-refractivity contribution in [2.24, 2.45) is 0 Å². The molecule has 0 saturated heterocycles. The van der Waals surface area contributed by atoms with Crippen molar-refractivity contribution in [2.75, 3.05) is 27.8 Å². The van der Waals surface area contributed by atoms with Crippen LogP contribution < -0.4 is 25.4 Å². The van der Waals surface area contributed by atoms with Gasteiger partial charge in [-0.15, -0.1) is 0 Å². The maximum Gasteiger partial charge on any atom is 0.188 e.